The molecule has 0 rings (SSSR count). The van der Waals surface area contributed by atoms with E-state index in [2.05, 4.69) is 59.0 Å². The van der Waals surface area contributed by atoms with Crippen LogP contribution in [-0.4, -0.2) is 13.1 Å². The maximum Gasteiger partial charge on any atom is 0.385 e. The first-order chi connectivity index (χ1) is 11.3. The number of hydrogen-bond donors (Lipinski definition) is 0. The summed E-state index contributed by atoms with van der Waals surface area (Å²) in [4.78, 5) is 10.7. The van der Waals surface area contributed by atoms with E-state index in [1.165, 1.54) is 58.5 Å². The molecule has 0 aromatic carbocycles. The second-order valence-corrected chi connectivity index (χ2v) is 5.12. The number of carbonyl (C=O) groups excluding carboxylic acids is 1. The van der Waals surface area contributed by atoms with Gasteiger partial charge in [0.25, 0.3) is 0 Å². The molecule has 0 aromatic heterocycles. The van der Waals surface area contributed by atoms with Crippen molar-refractivity contribution in [3.8, 4) is 47.4 Å². The van der Waals surface area contributed by atoms with Gasteiger partial charge in [0.2, 0.25) is 0 Å². The summed E-state index contributed by atoms with van der Waals surface area (Å²) in [5.74, 6) is 19.9. The van der Waals surface area contributed by atoms with E-state index in [1.54, 1.807) is 0 Å². The van der Waals surface area contributed by atoms with E-state index in [0.717, 1.165) is 12.8 Å². The lowest BCUT2D eigenvalue weighted by molar-refractivity contribution is -0.133. The molecular weight excluding hydrogens is 284 g/mol. The van der Waals surface area contributed by atoms with Crippen LogP contribution in [0.2, 0.25) is 0 Å². The minimum Gasteiger partial charge on any atom is -0.459 e. The van der Waals surface area contributed by atoms with Gasteiger partial charge in [-0.15, -0.1) is 0 Å². The molecule has 0 aliphatic rings. The van der Waals surface area contributed by atoms with E-state index in [4.69, 9.17) is 0 Å². The van der Waals surface area contributed by atoms with Gasteiger partial charge in [0, 0.05) is 12.3 Å². The van der Waals surface area contributed by atoms with Gasteiger partial charge in [0.1, 0.15) is 0 Å². The van der Waals surface area contributed by atoms with Crippen molar-refractivity contribution in [1.29, 1.82) is 0 Å². The summed E-state index contributed by atoms with van der Waals surface area (Å²) in [7, 11) is 1.27. The van der Waals surface area contributed by atoms with E-state index in [9.17, 15) is 4.79 Å². The quantitative estimate of drug-likeness (QED) is 0.277. The summed E-state index contributed by atoms with van der Waals surface area (Å²) in [5.41, 5.74) is 0. The first kappa shape index (κ1) is 20.7. The van der Waals surface area contributed by atoms with Crippen molar-refractivity contribution in [2.45, 2.75) is 71.1 Å². The molecule has 0 radical (unpaired) electrons. The highest BCUT2D eigenvalue weighted by Crippen LogP contribution is 2.09. The van der Waals surface area contributed by atoms with Crippen LogP contribution in [-0.2, 0) is 9.53 Å². The Morgan fingerprint density at radius 1 is 0.739 bits per heavy atom. The fraction of sp³-hybridized carbons (Fsp3) is 0.571. The third-order valence-electron chi connectivity index (χ3n) is 3.16. The molecule has 0 atom stereocenters. The second-order valence-electron chi connectivity index (χ2n) is 5.12. The Kier molecular flexibility index (Phi) is 16.0. The van der Waals surface area contributed by atoms with Crippen molar-refractivity contribution in [2.24, 2.45) is 0 Å². The molecular formula is C21H26O2. The van der Waals surface area contributed by atoms with Crippen LogP contribution in [0.1, 0.15) is 71.1 Å². The number of ether oxygens (including phenoxy) is 1. The van der Waals surface area contributed by atoms with E-state index < -0.39 is 5.97 Å². The van der Waals surface area contributed by atoms with Crippen LogP contribution in [0.15, 0.2) is 0 Å². The minimum atomic E-state index is -0.604. The largest absolute Gasteiger partial charge is 0.459 e. The molecule has 0 aliphatic carbocycles. The molecule has 2 heteroatoms. The van der Waals surface area contributed by atoms with E-state index in [-0.39, 0.29) is 0 Å². The average molecular weight is 310 g/mol. The number of hydrogen-bond acceptors (Lipinski definition) is 2. The van der Waals surface area contributed by atoms with Crippen molar-refractivity contribution >= 4 is 5.97 Å². The second kappa shape index (κ2) is 17.8. The van der Waals surface area contributed by atoms with Crippen LogP contribution in [0.25, 0.3) is 0 Å². The summed E-state index contributed by atoms with van der Waals surface area (Å²) in [6.45, 7) is 2.25. The van der Waals surface area contributed by atoms with Crippen LogP contribution in [0.4, 0.5) is 0 Å². The fourth-order valence-electron chi connectivity index (χ4n) is 1.89. The maximum atomic E-state index is 10.7. The summed E-state index contributed by atoms with van der Waals surface area (Å²) in [5, 5.41) is 0. The Hall–Kier alpha value is -2.29. The van der Waals surface area contributed by atoms with Crippen LogP contribution in [0.5, 0.6) is 0 Å². The Labute approximate surface area is 141 Å². The number of esters is 1. The third-order valence-corrected chi connectivity index (χ3v) is 3.16. The average Bonchev–Trinajstić information content (AvgIpc) is 2.57. The first-order valence-corrected chi connectivity index (χ1v) is 8.38. The first-order valence-electron chi connectivity index (χ1n) is 8.38. The molecule has 2 nitrogen and oxygen atoms in total. The Bertz CT molecular complexity index is 556. The van der Waals surface area contributed by atoms with Crippen LogP contribution >= 0.6 is 0 Å². The minimum absolute atomic E-state index is 0.604. The van der Waals surface area contributed by atoms with Gasteiger partial charge in [-0.1, -0.05) is 64.2 Å². The molecule has 0 amide bonds. The Morgan fingerprint density at radius 2 is 1.26 bits per heavy atom. The van der Waals surface area contributed by atoms with Gasteiger partial charge in [-0.3, -0.25) is 0 Å². The number of rotatable bonds is 9. The molecule has 0 spiro atoms. The van der Waals surface area contributed by atoms with Crippen molar-refractivity contribution in [2.75, 3.05) is 7.11 Å². The molecule has 0 heterocycles. The van der Waals surface area contributed by atoms with Gasteiger partial charge >= 0.3 is 5.97 Å². The van der Waals surface area contributed by atoms with E-state index in [0.29, 0.717) is 0 Å². The summed E-state index contributed by atoms with van der Waals surface area (Å²) >= 11 is 0. The highest BCUT2D eigenvalue weighted by atomic mass is 16.5. The van der Waals surface area contributed by atoms with Gasteiger partial charge in [-0.2, -0.15) is 0 Å². The number of carbonyl (C=O) groups is 1. The van der Waals surface area contributed by atoms with Crippen molar-refractivity contribution in [3.63, 3.8) is 0 Å². The van der Waals surface area contributed by atoms with E-state index >= 15 is 0 Å². The third kappa shape index (κ3) is 17.7. The predicted octanol–water partition coefficient (Wildman–Crippen LogP) is 4.09. The summed E-state index contributed by atoms with van der Waals surface area (Å²) in [6, 6.07) is 0. The highest BCUT2D eigenvalue weighted by molar-refractivity contribution is 5.88. The molecule has 0 N–H and O–H groups in total. The Balaban J connectivity index is 3.56. The lowest BCUT2D eigenvalue weighted by atomic mass is 10.1. The molecule has 0 unspecified atom stereocenters. The van der Waals surface area contributed by atoms with Crippen LogP contribution < -0.4 is 0 Å². The molecule has 0 saturated heterocycles. The van der Waals surface area contributed by atoms with Crippen LogP contribution in [0.3, 0.4) is 0 Å². The molecule has 0 aliphatic heterocycles. The lowest BCUT2D eigenvalue weighted by Gasteiger charge is -1.99. The normalized spacial score (nSPS) is 8.09. The van der Waals surface area contributed by atoms with Crippen molar-refractivity contribution in [1.82, 2.24) is 0 Å². The number of unbranched alkanes of at least 4 members (excludes halogenated alkanes) is 9. The fourth-order valence-corrected chi connectivity index (χ4v) is 1.89. The van der Waals surface area contributed by atoms with Gasteiger partial charge in [-0.05, 0) is 41.9 Å². The number of methoxy groups -OCH3 is 1. The molecule has 122 valence electrons. The maximum absolute atomic E-state index is 10.7. The Morgan fingerprint density at radius 3 is 1.87 bits per heavy atom. The van der Waals surface area contributed by atoms with Gasteiger partial charge in [0.15, 0.2) is 0 Å². The predicted molar refractivity (Wildman–Crippen MR) is 95.0 cm³/mol. The summed E-state index contributed by atoms with van der Waals surface area (Å²) in [6.07, 6.45) is 12.8. The van der Waals surface area contributed by atoms with E-state index in [1.807, 2.05) is 0 Å². The van der Waals surface area contributed by atoms with Gasteiger partial charge in [0.05, 0.1) is 7.11 Å². The monoisotopic (exact) mass is 310 g/mol. The zero-order valence-electron chi connectivity index (χ0n) is 14.4. The molecule has 0 saturated carbocycles. The standard InChI is InChI=1S/C21H26O2/c1-3-4-5-6-7-8-9-10-11-12-13-14-15-16-17-18-19-20-21(22)23-2/h3-12H2,1-2H3. The zero-order chi connectivity index (χ0) is 17.0. The van der Waals surface area contributed by atoms with Crippen molar-refractivity contribution in [3.05, 3.63) is 0 Å². The topological polar surface area (TPSA) is 26.3 Å². The van der Waals surface area contributed by atoms with Gasteiger partial charge in [-0.25, -0.2) is 4.79 Å². The molecule has 23 heavy (non-hydrogen) atoms. The SMILES string of the molecule is CCCCCCCCCCCC#CC#CC#CC#CC(=O)OC. The molecule has 0 fully saturated rings. The zero-order valence-corrected chi connectivity index (χ0v) is 14.4. The lowest BCUT2D eigenvalue weighted by Crippen LogP contribution is -1.93. The molecule has 0 aromatic rings. The highest BCUT2D eigenvalue weighted by Gasteiger charge is 1.90. The smallest absolute Gasteiger partial charge is 0.385 e. The summed E-state index contributed by atoms with van der Waals surface area (Å²) < 4.78 is 4.34. The van der Waals surface area contributed by atoms with Crippen LogP contribution in [0, 0.1) is 47.4 Å². The van der Waals surface area contributed by atoms with Crippen molar-refractivity contribution < 1.29 is 9.53 Å². The molecule has 0 bridgehead atoms. The van der Waals surface area contributed by atoms with Gasteiger partial charge < -0.3 is 4.74 Å².